The van der Waals surface area contributed by atoms with E-state index in [1.165, 1.54) is 6.07 Å². The van der Waals surface area contributed by atoms with Crippen LogP contribution >= 0.6 is 0 Å². The van der Waals surface area contributed by atoms with E-state index in [4.69, 9.17) is 15.6 Å². The Morgan fingerprint density at radius 2 is 1.62 bits per heavy atom. The molecule has 3 heterocycles. The maximum atomic E-state index is 12.1. The van der Waals surface area contributed by atoms with Gasteiger partial charge in [-0.05, 0) is 28.1 Å². The van der Waals surface area contributed by atoms with Crippen molar-refractivity contribution in [1.82, 2.24) is 14.6 Å². The molecular formula is C25H21N5O3S. The third-order valence-corrected chi connectivity index (χ3v) is 7.32. The van der Waals surface area contributed by atoms with Crippen molar-refractivity contribution in [2.75, 3.05) is 13.2 Å². The molecule has 1 aliphatic heterocycles. The van der Waals surface area contributed by atoms with Gasteiger partial charge in [0.2, 0.25) is 10.0 Å². The summed E-state index contributed by atoms with van der Waals surface area (Å²) < 4.78 is 31.1. The van der Waals surface area contributed by atoms with Crippen LogP contribution in [0, 0.1) is 0 Å². The highest BCUT2D eigenvalue weighted by Gasteiger charge is 2.35. The first-order valence-electron chi connectivity index (χ1n) is 10.7. The minimum Gasteiger partial charge on any atom is -0.377 e. The Balaban J connectivity index is 1.42. The van der Waals surface area contributed by atoms with Gasteiger partial charge in [0.1, 0.15) is 0 Å². The molecular weight excluding hydrogens is 450 g/mol. The summed E-state index contributed by atoms with van der Waals surface area (Å²) in [6, 6.07) is 18.6. The summed E-state index contributed by atoms with van der Waals surface area (Å²) in [6.07, 6.45) is 5.47. The van der Waals surface area contributed by atoms with Gasteiger partial charge in [0.15, 0.2) is 5.65 Å². The SMILES string of the molecule is NC1(c2ccc(-c3cnc4c(-c5ccc(S(N)(=O)=O)c6ccccc56)cnn4c3)cc2)COC1. The van der Waals surface area contributed by atoms with E-state index >= 15 is 0 Å². The molecule has 5 aromatic rings. The van der Waals surface area contributed by atoms with Crippen molar-refractivity contribution in [3.63, 3.8) is 0 Å². The minimum absolute atomic E-state index is 0.0924. The lowest BCUT2D eigenvalue weighted by atomic mass is 9.88. The average molecular weight is 472 g/mol. The second kappa shape index (κ2) is 7.44. The number of rotatable bonds is 4. The summed E-state index contributed by atoms with van der Waals surface area (Å²) in [5.74, 6) is 0. The van der Waals surface area contributed by atoms with Crippen LogP contribution in [0.5, 0.6) is 0 Å². The molecule has 0 radical (unpaired) electrons. The smallest absolute Gasteiger partial charge is 0.238 e. The first-order valence-corrected chi connectivity index (χ1v) is 12.2. The van der Waals surface area contributed by atoms with Crippen molar-refractivity contribution in [2.45, 2.75) is 10.4 Å². The molecule has 3 aromatic carbocycles. The molecule has 9 heteroatoms. The quantitative estimate of drug-likeness (QED) is 0.415. The summed E-state index contributed by atoms with van der Waals surface area (Å²) in [5, 5.41) is 11.3. The molecule has 0 unspecified atom stereocenters. The Labute approximate surface area is 195 Å². The van der Waals surface area contributed by atoms with Crippen LogP contribution in [0.1, 0.15) is 5.56 Å². The predicted octanol–water partition coefficient (Wildman–Crippen LogP) is 3.05. The van der Waals surface area contributed by atoms with Gasteiger partial charge >= 0.3 is 0 Å². The number of benzene rings is 3. The maximum Gasteiger partial charge on any atom is 0.238 e. The zero-order valence-corrected chi connectivity index (χ0v) is 18.9. The van der Waals surface area contributed by atoms with Crippen LogP contribution in [0.4, 0.5) is 0 Å². The lowest BCUT2D eigenvalue weighted by Gasteiger charge is -2.38. The van der Waals surface area contributed by atoms with E-state index in [0.717, 1.165) is 33.2 Å². The fourth-order valence-electron chi connectivity index (χ4n) is 4.45. The lowest BCUT2D eigenvalue weighted by molar-refractivity contribution is -0.0569. The van der Waals surface area contributed by atoms with Gasteiger partial charge in [-0.1, -0.05) is 54.6 Å². The van der Waals surface area contributed by atoms with Gasteiger partial charge in [-0.3, -0.25) is 0 Å². The number of fused-ring (bicyclic) bond motifs is 2. The Morgan fingerprint density at radius 1 is 0.882 bits per heavy atom. The van der Waals surface area contributed by atoms with Gasteiger partial charge in [0, 0.05) is 28.9 Å². The van der Waals surface area contributed by atoms with Crippen molar-refractivity contribution in [3.05, 3.63) is 84.8 Å². The van der Waals surface area contributed by atoms with E-state index in [9.17, 15) is 8.42 Å². The van der Waals surface area contributed by atoms with E-state index in [2.05, 4.69) is 10.1 Å². The molecule has 0 atom stereocenters. The minimum atomic E-state index is -3.86. The van der Waals surface area contributed by atoms with Gasteiger partial charge in [-0.15, -0.1) is 0 Å². The molecule has 0 saturated carbocycles. The van der Waals surface area contributed by atoms with E-state index < -0.39 is 15.6 Å². The van der Waals surface area contributed by atoms with E-state index in [1.807, 2.05) is 42.6 Å². The number of sulfonamides is 1. The van der Waals surface area contributed by atoms with Crippen molar-refractivity contribution in [1.29, 1.82) is 0 Å². The molecule has 34 heavy (non-hydrogen) atoms. The van der Waals surface area contributed by atoms with Gasteiger partial charge in [0.25, 0.3) is 0 Å². The van der Waals surface area contributed by atoms with Crippen LogP contribution in [0.2, 0.25) is 0 Å². The second-order valence-electron chi connectivity index (χ2n) is 8.60. The number of hydrogen-bond acceptors (Lipinski definition) is 6. The normalized spacial score (nSPS) is 15.5. The molecule has 1 saturated heterocycles. The Morgan fingerprint density at radius 3 is 2.29 bits per heavy atom. The summed E-state index contributed by atoms with van der Waals surface area (Å²) in [4.78, 5) is 4.78. The average Bonchev–Trinajstić information content (AvgIpc) is 3.24. The molecule has 1 aliphatic rings. The molecule has 0 spiro atoms. The highest BCUT2D eigenvalue weighted by molar-refractivity contribution is 7.89. The zero-order chi connectivity index (χ0) is 23.5. The van der Waals surface area contributed by atoms with Crippen molar-refractivity contribution >= 4 is 26.4 Å². The molecule has 170 valence electrons. The fourth-order valence-corrected chi connectivity index (χ4v) is 5.19. The van der Waals surface area contributed by atoms with Crippen molar-refractivity contribution in [3.8, 4) is 22.3 Å². The zero-order valence-electron chi connectivity index (χ0n) is 18.0. The highest BCUT2D eigenvalue weighted by Crippen LogP contribution is 2.35. The fraction of sp³-hybridized carbons (Fsp3) is 0.120. The topological polar surface area (TPSA) is 126 Å². The molecule has 0 amide bonds. The summed E-state index contributed by atoms with van der Waals surface area (Å²) in [7, 11) is -3.86. The summed E-state index contributed by atoms with van der Waals surface area (Å²) in [5.41, 5.74) is 11.2. The number of nitrogens with zero attached hydrogens (tertiary/aromatic N) is 3. The van der Waals surface area contributed by atoms with Gasteiger partial charge in [-0.2, -0.15) is 5.10 Å². The van der Waals surface area contributed by atoms with E-state index in [0.29, 0.717) is 24.2 Å². The van der Waals surface area contributed by atoms with Gasteiger partial charge in [0.05, 0.1) is 29.8 Å². The van der Waals surface area contributed by atoms with Gasteiger partial charge < -0.3 is 10.5 Å². The van der Waals surface area contributed by atoms with Crippen LogP contribution in [-0.4, -0.2) is 36.2 Å². The first kappa shape index (κ1) is 20.9. The number of nitrogens with two attached hydrogens (primary N) is 2. The number of aromatic nitrogens is 3. The number of hydrogen-bond donors (Lipinski definition) is 2. The third kappa shape index (κ3) is 3.29. The van der Waals surface area contributed by atoms with Crippen LogP contribution in [0.3, 0.4) is 0 Å². The Kier molecular flexibility index (Phi) is 4.58. The maximum absolute atomic E-state index is 12.1. The molecule has 6 rings (SSSR count). The monoisotopic (exact) mass is 471 g/mol. The van der Waals surface area contributed by atoms with Crippen molar-refractivity contribution in [2.24, 2.45) is 10.9 Å². The largest absolute Gasteiger partial charge is 0.377 e. The van der Waals surface area contributed by atoms with Crippen LogP contribution in [-0.2, 0) is 20.3 Å². The molecule has 0 bridgehead atoms. The Bertz CT molecular complexity index is 1670. The number of primary sulfonamides is 1. The Hall–Kier alpha value is -3.63. The van der Waals surface area contributed by atoms with Crippen molar-refractivity contribution < 1.29 is 13.2 Å². The number of ether oxygens (including phenoxy) is 1. The third-order valence-electron chi connectivity index (χ3n) is 6.35. The summed E-state index contributed by atoms with van der Waals surface area (Å²) >= 11 is 0. The first-order chi connectivity index (χ1) is 16.3. The standard InChI is InChI=1S/C25H21N5O3S/c26-25(14-33-15-25)18-7-5-16(6-8-18)17-11-28-24-22(12-29-30(24)13-17)20-9-10-23(34(27,31)32)21-4-2-1-3-19(20)21/h1-13H,14-15,26H2,(H2,27,31,32). The molecule has 4 N–H and O–H groups in total. The van der Waals surface area contributed by atoms with E-state index in [-0.39, 0.29) is 4.90 Å². The van der Waals surface area contributed by atoms with Crippen LogP contribution in [0.15, 0.2) is 84.1 Å². The second-order valence-corrected chi connectivity index (χ2v) is 10.1. The van der Waals surface area contributed by atoms with E-state index in [1.54, 1.807) is 35.1 Å². The van der Waals surface area contributed by atoms with Crippen LogP contribution < -0.4 is 10.9 Å². The molecule has 2 aromatic heterocycles. The summed E-state index contributed by atoms with van der Waals surface area (Å²) in [6.45, 7) is 1.06. The molecule has 0 aliphatic carbocycles. The predicted molar refractivity (Wildman–Crippen MR) is 129 cm³/mol. The highest BCUT2D eigenvalue weighted by atomic mass is 32.2. The van der Waals surface area contributed by atoms with Crippen LogP contribution in [0.25, 0.3) is 38.7 Å². The molecule has 1 fully saturated rings. The van der Waals surface area contributed by atoms with Gasteiger partial charge in [-0.25, -0.2) is 23.1 Å². The molecule has 8 nitrogen and oxygen atoms in total. The lowest BCUT2D eigenvalue weighted by Crippen LogP contribution is -2.54.